The van der Waals surface area contributed by atoms with E-state index in [9.17, 15) is 39.9 Å². The third-order valence-corrected chi connectivity index (χ3v) is 5.94. The lowest BCUT2D eigenvalue weighted by Gasteiger charge is -2.33. The monoisotopic (exact) mass is 447 g/mol. The van der Waals surface area contributed by atoms with Gasteiger partial charge in [0.15, 0.2) is 0 Å². The topological polar surface area (TPSA) is 57.6 Å². The minimum atomic E-state index is -6.04. The van der Waals surface area contributed by atoms with E-state index in [2.05, 4.69) is 0 Å². The summed E-state index contributed by atoms with van der Waals surface area (Å²) in [6.45, 7) is 0. The number of benzene rings is 2. The summed E-state index contributed by atoms with van der Waals surface area (Å²) in [5.74, 6) is 0. The molecule has 0 aliphatic carbocycles. The largest absolute Gasteiger partial charge is 0.430 e. The maximum Gasteiger partial charge on any atom is 0.430 e. The molecule has 0 spiro atoms. The summed E-state index contributed by atoms with van der Waals surface area (Å²) in [6.07, 6.45) is -12.1. The lowest BCUT2D eigenvalue weighted by molar-refractivity contribution is -0.376. The SMILES string of the molecule is CN(c1ccc(C(O)(C(F)(F)F)C(F)(F)F)cc1)S(=O)(=O)c1cccc(Cl)c1. The van der Waals surface area contributed by atoms with Gasteiger partial charge in [-0.2, -0.15) is 26.3 Å². The van der Waals surface area contributed by atoms with Gasteiger partial charge in [0.05, 0.1) is 10.6 Å². The van der Waals surface area contributed by atoms with Crippen molar-refractivity contribution in [3.8, 4) is 0 Å². The van der Waals surface area contributed by atoms with E-state index in [0.29, 0.717) is 16.4 Å². The number of anilines is 1. The van der Waals surface area contributed by atoms with Crippen molar-refractivity contribution in [1.82, 2.24) is 0 Å². The molecule has 0 atom stereocenters. The average molecular weight is 448 g/mol. The fourth-order valence-electron chi connectivity index (χ4n) is 2.32. The maximum absolute atomic E-state index is 12.9. The van der Waals surface area contributed by atoms with E-state index in [1.807, 2.05) is 0 Å². The Morgan fingerprint density at radius 2 is 1.43 bits per heavy atom. The summed E-state index contributed by atoms with van der Waals surface area (Å²) in [5.41, 5.74) is -6.82. The van der Waals surface area contributed by atoms with E-state index in [-0.39, 0.29) is 15.6 Å². The highest BCUT2D eigenvalue weighted by Gasteiger charge is 2.71. The van der Waals surface area contributed by atoms with Crippen LogP contribution in [0.25, 0.3) is 0 Å². The molecule has 0 aliphatic rings. The highest BCUT2D eigenvalue weighted by atomic mass is 35.5. The van der Waals surface area contributed by atoms with Gasteiger partial charge in [-0.05, 0) is 30.3 Å². The molecule has 0 radical (unpaired) electrons. The number of sulfonamides is 1. The van der Waals surface area contributed by atoms with Gasteiger partial charge in [0.1, 0.15) is 0 Å². The number of hydrogen-bond donors (Lipinski definition) is 1. The van der Waals surface area contributed by atoms with Crippen LogP contribution in [0.1, 0.15) is 5.56 Å². The van der Waals surface area contributed by atoms with Gasteiger partial charge in [-0.3, -0.25) is 4.31 Å². The molecule has 0 amide bonds. The molecular weight excluding hydrogens is 436 g/mol. The Morgan fingerprint density at radius 1 is 0.929 bits per heavy atom. The van der Waals surface area contributed by atoms with Crippen molar-refractivity contribution in [3.05, 3.63) is 59.1 Å². The minimum Gasteiger partial charge on any atom is -0.369 e. The zero-order chi connectivity index (χ0) is 21.5. The predicted molar refractivity (Wildman–Crippen MR) is 89.5 cm³/mol. The van der Waals surface area contributed by atoms with Gasteiger partial charge < -0.3 is 5.11 Å². The van der Waals surface area contributed by atoms with Crippen molar-refractivity contribution in [1.29, 1.82) is 0 Å². The van der Waals surface area contributed by atoms with E-state index >= 15 is 0 Å². The van der Waals surface area contributed by atoms with Crippen LogP contribution in [0.3, 0.4) is 0 Å². The van der Waals surface area contributed by atoms with Crippen molar-refractivity contribution in [2.24, 2.45) is 0 Å². The van der Waals surface area contributed by atoms with E-state index in [0.717, 1.165) is 25.2 Å². The van der Waals surface area contributed by atoms with Crippen molar-refractivity contribution in [2.45, 2.75) is 22.8 Å². The summed E-state index contributed by atoms with van der Waals surface area (Å²) in [5, 5.41) is 9.47. The van der Waals surface area contributed by atoms with Crippen LogP contribution in [-0.2, 0) is 15.6 Å². The maximum atomic E-state index is 12.9. The second-order valence-corrected chi connectivity index (χ2v) is 8.09. The van der Waals surface area contributed by atoms with Crippen LogP contribution in [0.5, 0.6) is 0 Å². The number of alkyl halides is 6. The van der Waals surface area contributed by atoms with Gasteiger partial charge in [-0.25, -0.2) is 8.42 Å². The fraction of sp³-hybridized carbons (Fsp3) is 0.250. The van der Waals surface area contributed by atoms with Gasteiger partial charge in [0.25, 0.3) is 15.6 Å². The van der Waals surface area contributed by atoms with Crippen LogP contribution in [-0.4, -0.2) is 32.9 Å². The standard InChI is InChI=1S/C16H12ClF6NO3S/c1-24(28(26,27)13-4-2-3-11(17)9-13)12-7-5-10(6-8-12)14(25,15(18,19)20)16(21,22)23/h2-9,25H,1H3. The zero-order valence-electron chi connectivity index (χ0n) is 13.9. The molecule has 0 unspecified atom stereocenters. The molecule has 1 N–H and O–H groups in total. The lowest BCUT2D eigenvalue weighted by Crippen LogP contribution is -2.53. The van der Waals surface area contributed by atoms with E-state index in [4.69, 9.17) is 11.6 Å². The molecular formula is C16H12ClF6NO3S. The van der Waals surface area contributed by atoms with Crippen LogP contribution in [0.4, 0.5) is 32.0 Å². The number of hydrogen-bond acceptors (Lipinski definition) is 3. The molecule has 0 saturated heterocycles. The van der Waals surface area contributed by atoms with Gasteiger partial charge in [0.2, 0.25) is 0 Å². The molecule has 0 aromatic heterocycles. The lowest BCUT2D eigenvalue weighted by atomic mass is 9.92. The first-order valence-electron chi connectivity index (χ1n) is 7.33. The minimum absolute atomic E-state index is 0.116. The molecule has 0 saturated carbocycles. The second kappa shape index (κ2) is 7.12. The summed E-state index contributed by atoms with van der Waals surface area (Å²) in [6, 6.07) is 7.30. The quantitative estimate of drug-likeness (QED) is 0.703. The average Bonchev–Trinajstić information content (AvgIpc) is 2.58. The smallest absolute Gasteiger partial charge is 0.369 e. The Bertz CT molecular complexity index is 944. The number of aliphatic hydroxyl groups is 1. The molecule has 2 aromatic carbocycles. The Balaban J connectivity index is 2.46. The van der Waals surface area contributed by atoms with E-state index in [1.54, 1.807) is 0 Å². The summed E-state index contributed by atoms with van der Waals surface area (Å²) >= 11 is 5.73. The van der Waals surface area contributed by atoms with E-state index < -0.39 is 33.5 Å². The zero-order valence-corrected chi connectivity index (χ0v) is 15.5. The molecule has 0 bridgehead atoms. The van der Waals surface area contributed by atoms with Gasteiger partial charge >= 0.3 is 12.4 Å². The highest BCUT2D eigenvalue weighted by molar-refractivity contribution is 7.92. The van der Waals surface area contributed by atoms with Crippen LogP contribution in [0, 0.1) is 0 Å². The van der Waals surface area contributed by atoms with Crippen LogP contribution < -0.4 is 4.31 Å². The van der Waals surface area contributed by atoms with Gasteiger partial charge in [-0.15, -0.1) is 0 Å². The van der Waals surface area contributed by atoms with Crippen LogP contribution in [0.15, 0.2) is 53.4 Å². The van der Waals surface area contributed by atoms with Crippen molar-refractivity contribution < 1.29 is 39.9 Å². The normalized spacial score (nSPS) is 13.5. The molecule has 2 aromatic rings. The Kier molecular flexibility index (Phi) is 5.68. The second-order valence-electron chi connectivity index (χ2n) is 5.68. The molecule has 0 heterocycles. The van der Waals surface area contributed by atoms with Crippen LogP contribution >= 0.6 is 11.6 Å². The molecule has 4 nitrogen and oxygen atoms in total. The fourth-order valence-corrected chi connectivity index (χ4v) is 3.82. The first kappa shape index (κ1) is 22.3. The number of halogens is 7. The summed E-state index contributed by atoms with van der Waals surface area (Å²) < 4.78 is 103. The third kappa shape index (κ3) is 3.78. The predicted octanol–water partition coefficient (Wildman–Crippen LogP) is 4.48. The number of rotatable bonds is 4. The molecule has 0 aliphatic heterocycles. The number of nitrogens with zero attached hydrogens (tertiary/aromatic N) is 1. The van der Waals surface area contributed by atoms with Crippen molar-refractivity contribution in [3.63, 3.8) is 0 Å². The van der Waals surface area contributed by atoms with E-state index in [1.165, 1.54) is 18.2 Å². The molecule has 12 heteroatoms. The van der Waals surface area contributed by atoms with Gasteiger partial charge in [0, 0.05) is 17.6 Å². The van der Waals surface area contributed by atoms with Crippen molar-refractivity contribution in [2.75, 3.05) is 11.4 Å². The van der Waals surface area contributed by atoms with Gasteiger partial charge in [-0.1, -0.05) is 29.8 Å². The molecule has 28 heavy (non-hydrogen) atoms. The Morgan fingerprint density at radius 3 is 1.86 bits per heavy atom. The molecule has 0 fully saturated rings. The van der Waals surface area contributed by atoms with Crippen molar-refractivity contribution >= 4 is 27.3 Å². The Labute approximate surface area is 161 Å². The first-order valence-corrected chi connectivity index (χ1v) is 9.15. The Hall–Kier alpha value is -1.98. The highest BCUT2D eigenvalue weighted by Crippen LogP contribution is 2.50. The summed E-state index contributed by atoms with van der Waals surface area (Å²) in [7, 11) is -3.12. The summed E-state index contributed by atoms with van der Waals surface area (Å²) in [4.78, 5) is -0.228. The van der Waals surface area contributed by atoms with Crippen LogP contribution in [0.2, 0.25) is 5.02 Å². The third-order valence-electron chi connectivity index (χ3n) is 3.92. The molecule has 154 valence electrons. The molecule has 2 rings (SSSR count). The first-order chi connectivity index (χ1) is 12.6.